The monoisotopic (exact) mass is 254 g/mol. The summed E-state index contributed by atoms with van der Waals surface area (Å²) in [4.78, 5) is 25.4. The minimum Gasteiger partial charge on any atom is -0.345 e. The van der Waals surface area contributed by atoms with E-state index in [9.17, 15) is 9.59 Å². The number of amides is 2. The zero-order valence-corrected chi connectivity index (χ0v) is 11.7. The van der Waals surface area contributed by atoms with Gasteiger partial charge in [-0.15, -0.1) is 0 Å². The number of carbonyl (C=O) groups excluding carboxylic acids is 2. The Kier molecular flexibility index (Phi) is 6.76. The van der Waals surface area contributed by atoms with Crippen molar-refractivity contribution >= 4 is 11.8 Å². The van der Waals surface area contributed by atoms with E-state index in [2.05, 4.69) is 12.2 Å². The molecular weight excluding hydrogens is 228 g/mol. The molecule has 0 aromatic rings. The highest BCUT2D eigenvalue weighted by Crippen LogP contribution is 2.13. The zero-order chi connectivity index (χ0) is 13.4. The molecule has 18 heavy (non-hydrogen) atoms. The van der Waals surface area contributed by atoms with E-state index < -0.39 is 0 Å². The molecule has 1 rings (SSSR count). The van der Waals surface area contributed by atoms with Crippen LogP contribution in [0.15, 0.2) is 0 Å². The van der Waals surface area contributed by atoms with Gasteiger partial charge in [0.15, 0.2) is 0 Å². The largest absolute Gasteiger partial charge is 0.345 e. The van der Waals surface area contributed by atoms with E-state index in [0.717, 1.165) is 32.2 Å². The minimum absolute atomic E-state index is 0.0185. The molecule has 1 unspecified atom stereocenters. The van der Waals surface area contributed by atoms with Crippen molar-refractivity contribution in [3.8, 4) is 0 Å². The van der Waals surface area contributed by atoms with Crippen molar-refractivity contribution in [1.82, 2.24) is 10.2 Å². The standard InChI is InChI=1S/C14H26N2O2/c1-3-5-6-7-8-10-16-12(9-4-2)14(18)15-11-13(16)17/h12H,3-11H2,1-2H3,(H,15,18). The zero-order valence-electron chi connectivity index (χ0n) is 11.7. The molecule has 0 radical (unpaired) electrons. The molecule has 1 N–H and O–H groups in total. The molecule has 1 aliphatic rings. The Morgan fingerprint density at radius 2 is 1.83 bits per heavy atom. The van der Waals surface area contributed by atoms with E-state index in [1.807, 2.05) is 6.92 Å². The molecule has 0 aromatic carbocycles. The summed E-state index contributed by atoms with van der Waals surface area (Å²) < 4.78 is 0. The van der Waals surface area contributed by atoms with Crippen LogP contribution in [0.5, 0.6) is 0 Å². The fourth-order valence-electron chi connectivity index (χ4n) is 2.42. The van der Waals surface area contributed by atoms with Crippen molar-refractivity contribution in [1.29, 1.82) is 0 Å². The number of rotatable bonds is 8. The van der Waals surface area contributed by atoms with Gasteiger partial charge in [0, 0.05) is 6.54 Å². The summed E-state index contributed by atoms with van der Waals surface area (Å²) in [6.07, 6.45) is 7.57. The van der Waals surface area contributed by atoms with Crippen molar-refractivity contribution in [3.63, 3.8) is 0 Å². The Morgan fingerprint density at radius 1 is 1.11 bits per heavy atom. The summed E-state index contributed by atoms with van der Waals surface area (Å²) in [5, 5.41) is 2.68. The molecule has 4 nitrogen and oxygen atoms in total. The summed E-state index contributed by atoms with van der Waals surface area (Å²) in [5.41, 5.74) is 0. The van der Waals surface area contributed by atoms with Gasteiger partial charge in [0.25, 0.3) is 0 Å². The summed E-state index contributed by atoms with van der Waals surface area (Å²) in [5.74, 6) is 0.0912. The second-order valence-electron chi connectivity index (χ2n) is 5.02. The van der Waals surface area contributed by atoms with Gasteiger partial charge in [-0.1, -0.05) is 46.0 Å². The Labute approximate surface area is 110 Å². The fraction of sp³-hybridized carbons (Fsp3) is 0.857. The fourth-order valence-corrected chi connectivity index (χ4v) is 2.42. The molecule has 1 atom stereocenters. The third kappa shape index (κ3) is 4.31. The molecule has 0 spiro atoms. The van der Waals surface area contributed by atoms with Crippen molar-refractivity contribution in [3.05, 3.63) is 0 Å². The summed E-state index contributed by atoms with van der Waals surface area (Å²) in [6, 6.07) is -0.234. The van der Waals surface area contributed by atoms with Crippen LogP contribution in [0.25, 0.3) is 0 Å². The van der Waals surface area contributed by atoms with Crippen LogP contribution in [0.3, 0.4) is 0 Å². The first-order valence-corrected chi connectivity index (χ1v) is 7.27. The molecular formula is C14H26N2O2. The average molecular weight is 254 g/mol. The van der Waals surface area contributed by atoms with Crippen LogP contribution >= 0.6 is 0 Å². The first-order chi connectivity index (χ1) is 8.70. The van der Waals surface area contributed by atoms with Crippen LogP contribution in [0.1, 0.15) is 58.8 Å². The molecule has 1 fully saturated rings. The molecule has 1 saturated heterocycles. The van der Waals surface area contributed by atoms with Gasteiger partial charge >= 0.3 is 0 Å². The van der Waals surface area contributed by atoms with E-state index in [1.54, 1.807) is 4.90 Å². The highest BCUT2D eigenvalue weighted by Gasteiger charge is 2.32. The average Bonchev–Trinajstić information content (AvgIpc) is 2.36. The van der Waals surface area contributed by atoms with Gasteiger partial charge in [-0.2, -0.15) is 0 Å². The van der Waals surface area contributed by atoms with Gasteiger partial charge in [-0.3, -0.25) is 9.59 Å². The van der Waals surface area contributed by atoms with Crippen molar-refractivity contribution in [2.75, 3.05) is 13.1 Å². The van der Waals surface area contributed by atoms with Gasteiger partial charge in [-0.25, -0.2) is 0 Å². The maximum Gasteiger partial charge on any atom is 0.243 e. The molecule has 1 aliphatic heterocycles. The normalized spacial score (nSPS) is 20.1. The molecule has 104 valence electrons. The Balaban J connectivity index is 2.41. The molecule has 0 saturated carbocycles. The third-order valence-corrected chi connectivity index (χ3v) is 3.48. The van der Waals surface area contributed by atoms with Crippen LogP contribution in [0.4, 0.5) is 0 Å². The predicted molar refractivity (Wildman–Crippen MR) is 72.2 cm³/mol. The van der Waals surface area contributed by atoms with E-state index in [-0.39, 0.29) is 24.4 Å². The number of nitrogens with one attached hydrogen (secondary N) is 1. The number of piperazine rings is 1. The molecule has 1 heterocycles. The quantitative estimate of drug-likeness (QED) is 0.674. The Hall–Kier alpha value is -1.06. The van der Waals surface area contributed by atoms with Crippen LogP contribution < -0.4 is 5.32 Å². The smallest absolute Gasteiger partial charge is 0.243 e. The first kappa shape index (κ1) is 15.0. The lowest BCUT2D eigenvalue weighted by atomic mass is 10.1. The second kappa shape index (κ2) is 8.11. The maximum absolute atomic E-state index is 11.9. The van der Waals surface area contributed by atoms with Gasteiger partial charge in [0.05, 0.1) is 6.54 Å². The first-order valence-electron chi connectivity index (χ1n) is 7.27. The maximum atomic E-state index is 11.9. The summed E-state index contributed by atoms with van der Waals surface area (Å²) in [7, 11) is 0. The molecule has 2 amide bonds. The number of carbonyl (C=O) groups is 2. The van der Waals surface area contributed by atoms with Crippen LogP contribution in [0.2, 0.25) is 0 Å². The SMILES string of the molecule is CCCCCCCN1C(=O)CNC(=O)C1CCC. The van der Waals surface area contributed by atoms with E-state index in [4.69, 9.17) is 0 Å². The van der Waals surface area contributed by atoms with Gasteiger partial charge in [0.2, 0.25) is 11.8 Å². The van der Waals surface area contributed by atoms with Crippen LogP contribution in [0, 0.1) is 0 Å². The van der Waals surface area contributed by atoms with Gasteiger partial charge in [-0.05, 0) is 12.8 Å². The molecule has 0 aliphatic carbocycles. The number of nitrogens with zero attached hydrogens (tertiary/aromatic N) is 1. The summed E-state index contributed by atoms with van der Waals surface area (Å²) >= 11 is 0. The molecule has 0 bridgehead atoms. The lowest BCUT2D eigenvalue weighted by molar-refractivity contribution is -0.145. The minimum atomic E-state index is -0.234. The highest BCUT2D eigenvalue weighted by molar-refractivity contribution is 5.94. The lowest BCUT2D eigenvalue weighted by Crippen LogP contribution is -2.58. The third-order valence-electron chi connectivity index (χ3n) is 3.48. The van der Waals surface area contributed by atoms with Crippen molar-refractivity contribution in [2.24, 2.45) is 0 Å². The summed E-state index contributed by atoms with van der Waals surface area (Å²) in [6.45, 7) is 5.15. The van der Waals surface area contributed by atoms with E-state index in [0.29, 0.717) is 0 Å². The van der Waals surface area contributed by atoms with Gasteiger partial charge < -0.3 is 10.2 Å². The van der Waals surface area contributed by atoms with Gasteiger partial charge in [0.1, 0.15) is 6.04 Å². The van der Waals surface area contributed by atoms with Crippen molar-refractivity contribution < 1.29 is 9.59 Å². The number of hydrogen-bond donors (Lipinski definition) is 1. The Morgan fingerprint density at radius 3 is 2.50 bits per heavy atom. The number of unbranched alkanes of at least 4 members (excludes halogenated alkanes) is 4. The predicted octanol–water partition coefficient (Wildman–Crippen LogP) is 2.08. The number of hydrogen-bond acceptors (Lipinski definition) is 2. The Bertz CT molecular complexity index is 279. The molecule has 4 heteroatoms. The van der Waals surface area contributed by atoms with E-state index >= 15 is 0 Å². The van der Waals surface area contributed by atoms with E-state index in [1.165, 1.54) is 19.3 Å². The molecule has 0 aromatic heterocycles. The van der Waals surface area contributed by atoms with Crippen molar-refractivity contribution in [2.45, 2.75) is 64.8 Å². The lowest BCUT2D eigenvalue weighted by Gasteiger charge is -2.35. The van der Waals surface area contributed by atoms with Crippen LogP contribution in [-0.4, -0.2) is 35.8 Å². The van der Waals surface area contributed by atoms with Crippen LogP contribution in [-0.2, 0) is 9.59 Å². The topological polar surface area (TPSA) is 49.4 Å². The second-order valence-corrected chi connectivity index (χ2v) is 5.02. The highest BCUT2D eigenvalue weighted by atomic mass is 16.2.